The van der Waals surface area contributed by atoms with E-state index in [0.29, 0.717) is 5.39 Å². The molecule has 3 aromatic rings. The molecule has 0 fully saturated rings. The summed E-state index contributed by atoms with van der Waals surface area (Å²) >= 11 is 0. The van der Waals surface area contributed by atoms with Crippen molar-refractivity contribution in [1.29, 1.82) is 5.26 Å². The van der Waals surface area contributed by atoms with Crippen LogP contribution in [0.1, 0.15) is 21.6 Å². The zero-order valence-corrected chi connectivity index (χ0v) is 12.7. The minimum atomic E-state index is -1.20. The van der Waals surface area contributed by atoms with Crippen molar-refractivity contribution < 1.29 is 14.3 Å². The van der Waals surface area contributed by atoms with Gasteiger partial charge in [-0.1, -0.05) is 12.1 Å². The highest BCUT2D eigenvalue weighted by molar-refractivity contribution is 5.94. The quantitative estimate of drug-likeness (QED) is 0.656. The lowest BCUT2D eigenvalue weighted by molar-refractivity contribution is 0.0695. The van der Waals surface area contributed by atoms with E-state index in [4.69, 9.17) is 11.0 Å². The Balaban J connectivity index is 2.02. The maximum absolute atomic E-state index is 13.9. The van der Waals surface area contributed by atoms with Crippen molar-refractivity contribution in [2.75, 3.05) is 11.1 Å². The number of aromatic carboxylic acids is 1. The second kappa shape index (κ2) is 6.37. The number of carbonyl (C=O) groups is 1. The van der Waals surface area contributed by atoms with Crippen LogP contribution in [0.15, 0.2) is 30.6 Å². The molecule has 2 aromatic heterocycles. The molecule has 0 saturated heterocycles. The minimum Gasteiger partial charge on any atom is -0.478 e. The van der Waals surface area contributed by atoms with Crippen LogP contribution in [0.2, 0.25) is 0 Å². The monoisotopic (exact) mass is 338 g/mol. The van der Waals surface area contributed by atoms with Gasteiger partial charge in [-0.3, -0.25) is 0 Å². The molecular formula is C16H11FN6O2. The summed E-state index contributed by atoms with van der Waals surface area (Å²) in [6, 6.07) is 7.52. The van der Waals surface area contributed by atoms with Gasteiger partial charge >= 0.3 is 5.97 Å². The molecule has 0 saturated carbocycles. The molecule has 0 aliphatic rings. The zero-order valence-electron chi connectivity index (χ0n) is 12.7. The summed E-state index contributed by atoms with van der Waals surface area (Å²) in [6.45, 7) is -0.0863. The molecule has 0 aliphatic carbocycles. The fraction of sp³-hybridized carbons (Fsp3) is 0.0625. The molecule has 25 heavy (non-hydrogen) atoms. The predicted octanol–water partition coefficient (Wildman–Crippen LogP) is 1.93. The molecule has 0 atom stereocenters. The van der Waals surface area contributed by atoms with Gasteiger partial charge in [0.05, 0.1) is 17.8 Å². The Labute approximate surface area is 140 Å². The number of rotatable bonds is 4. The lowest BCUT2D eigenvalue weighted by Crippen LogP contribution is -2.12. The van der Waals surface area contributed by atoms with Gasteiger partial charge in [0.1, 0.15) is 40.9 Å². The normalized spacial score (nSPS) is 10.4. The molecule has 2 heterocycles. The molecule has 1 aromatic carbocycles. The third-order valence-corrected chi connectivity index (χ3v) is 3.52. The van der Waals surface area contributed by atoms with E-state index in [1.54, 1.807) is 6.07 Å². The molecule has 0 unspecified atom stereocenters. The number of nitrogens with zero attached hydrogens (tertiary/aromatic N) is 4. The molecule has 3 rings (SSSR count). The molecule has 4 N–H and O–H groups in total. The number of nitrogens with two attached hydrogens (primary N) is 1. The number of benzene rings is 1. The van der Waals surface area contributed by atoms with Gasteiger partial charge in [0.25, 0.3) is 0 Å². The van der Waals surface area contributed by atoms with Gasteiger partial charge in [-0.25, -0.2) is 24.1 Å². The van der Waals surface area contributed by atoms with E-state index < -0.39 is 11.8 Å². The fourth-order valence-electron chi connectivity index (χ4n) is 2.33. The number of carboxylic acids is 1. The van der Waals surface area contributed by atoms with Gasteiger partial charge in [0.15, 0.2) is 0 Å². The first-order valence-electron chi connectivity index (χ1n) is 7.07. The largest absolute Gasteiger partial charge is 0.478 e. The van der Waals surface area contributed by atoms with Crippen molar-refractivity contribution in [3.63, 3.8) is 0 Å². The number of anilines is 2. The van der Waals surface area contributed by atoms with E-state index in [0.717, 1.165) is 0 Å². The van der Waals surface area contributed by atoms with Crippen molar-refractivity contribution in [3.05, 3.63) is 53.2 Å². The molecule has 8 nitrogen and oxygen atoms in total. The molecule has 0 amide bonds. The van der Waals surface area contributed by atoms with E-state index in [-0.39, 0.29) is 40.5 Å². The van der Waals surface area contributed by atoms with Crippen LogP contribution in [0.4, 0.5) is 16.0 Å². The second-order valence-electron chi connectivity index (χ2n) is 5.05. The zero-order chi connectivity index (χ0) is 18.0. The van der Waals surface area contributed by atoms with Crippen LogP contribution >= 0.6 is 0 Å². The van der Waals surface area contributed by atoms with E-state index in [1.807, 2.05) is 6.07 Å². The number of hydrogen-bond acceptors (Lipinski definition) is 7. The van der Waals surface area contributed by atoms with Crippen LogP contribution in [0.3, 0.4) is 0 Å². The summed E-state index contributed by atoms with van der Waals surface area (Å²) in [5.41, 5.74) is 5.72. The summed E-state index contributed by atoms with van der Waals surface area (Å²) in [6.07, 6.45) is 1.17. The van der Waals surface area contributed by atoms with Crippen LogP contribution < -0.4 is 11.1 Å². The highest BCUT2D eigenvalue weighted by Gasteiger charge is 2.16. The van der Waals surface area contributed by atoms with Crippen molar-refractivity contribution in [1.82, 2.24) is 15.0 Å². The molecule has 124 valence electrons. The maximum atomic E-state index is 13.9. The lowest BCUT2D eigenvalue weighted by Gasteiger charge is -2.11. The van der Waals surface area contributed by atoms with Crippen LogP contribution in [-0.4, -0.2) is 26.0 Å². The van der Waals surface area contributed by atoms with Crippen molar-refractivity contribution in [3.8, 4) is 6.07 Å². The fourth-order valence-corrected chi connectivity index (χ4v) is 2.33. The van der Waals surface area contributed by atoms with E-state index in [9.17, 15) is 14.3 Å². The average Bonchev–Trinajstić information content (AvgIpc) is 2.59. The Kier molecular flexibility index (Phi) is 4.09. The number of carboxylic acid groups (broad SMARTS) is 1. The van der Waals surface area contributed by atoms with Gasteiger partial charge in [-0.05, 0) is 12.1 Å². The van der Waals surface area contributed by atoms with Crippen LogP contribution in [0.25, 0.3) is 10.9 Å². The highest BCUT2D eigenvalue weighted by atomic mass is 19.1. The Hall–Kier alpha value is -3.80. The van der Waals surface area contributed by atoms with Crippen molar-refractivity contribution in [2.45, 2.75) is 6.54 Å². The van der Waals surface area contributed by atoms with Gasteiger partial charge in [0.2, 0.25) is 0 Å². The van der Waals surface area contributed by atoms with Gasteiger partial charge in [-0.15, -0.1) is 0 Å². The first-order valence-corrected chi connectivity index (χ1v) is 7.07. The topological polar surface area (TPSA) is 138 Å². The number of nitrogens with one attached hydrogen (secondary N) is 1. The van der Waals surface area contributed by atoms with Crippen LogP contribution in [0.5, 0.6) is 0 Å². The van der Waals surface area contributed by atoms with E-state index >= 15 is 0 Å². The molecule has 0 radical (unpaired) electrons. The number of para-hydroxylation sites is 1. The first kappa shape index (κ1) is 16.1. The Morgan fingerprint density at radius 1 is 1.40 bits per heavy atom. The van der Waals surface area contributed by atoms with Gasteiger partial charge in [-0.2, -0.15) is 5.26 Å². The minimum absolute atomic E-state index is 0.00373. The smallest absolute Gasteiger partial charge is 0.337 e. The number of halogens is 1. The van der Waals surface area contributed by atoms with Crippen LogP contribution in [0, 0.1) is 17.1 Å². The number of nitriles is 1. The number of aromatic nitrogens is 3. The predicted molar refractivity (Wildman–Crippen MR) is 87.1 cm³/mol. The number of fused-ring (bicyclic) bond motifs is 1. The second-order valence-corrected chi connectivity index (χ2v) is 5.05. The summed E-state index contributed by atoms with van der Waals surface area (Å²) in [4.78, 5) is 23.2. The first-order chi connectivity index (χ1) is 12.0. The number of hydrogen-bond donors (Lipinski definition) is 3. The summed E-state index contributed by atoms with van der Waals surface area (Å²) in [5.74, 6) is -1.62. The van der Waals surface area contributed by atoms with E-state index in [2.05, 4.69) is 20.3 Å². The summed E-state index contributed by atoms with van der Waals surface area (Å²) < 4.78 is 13.9. The van der Waals surface area contributed by atoms with E-state index in [1.165, 1.54) is 24.5 Å². The Morgan fingerprint density at radius 3 is 2.92 bits per heavy atom. The SMILES string of the molecule is N#Cc1c(N)ncnc1NCc1nc2c(F)cccc2cc1C(=O)O. The molecule has 0 spiro atoms. The summed E-state index contributed by atoms with van der Waals surface area (Å²) in [5, 5.41) is 21.7. The van der Waals surface area contributed by atoms with Gasteiger partial charge < -0.3 is 16.2 Å². The third kappa shape index (κ3) is 3.00. The van der Waals surface area contributed by atoms with Gasteiger partial charge in [0, 0.05) is 5.39 Å². The molecule has 0 aliphatic heterocycles. The average molecular weight is 338 g/mol. The Bertz CT molecular complexity index is 1030. The molecule has 9 heteroatoms. The van der Waals surface area contributed by atoms with Crippen molar-refractivity contribution >= 4 is 28.5 Å². The number of nitrogen functional groups attached to an aromatic ring is 1. The summed E-state index contributed by atoms with van der Waals surface area (Å²) in [7, 11) is 0. The Morgan fingerprint density at radius 2 is 2.20 bits per heavy atom. The van der Waals surface area contributed by atoms with Crippen LogP contribution in [-0.2, 0) is 6.54 Å². The molecular weight excluding hydrogens is 327 g/mol. The number of pyridine rings is 1. The highest BCUT2D eigenvalue weighted by Crippen LogP contribution is 2.21. The van der Waals surface area contributed by atoms with Crippen molar-refractivity contribution in [2.24, 2.45) is 0 Å². The maximum Gasteiger partial charge on any atom is 0.337 e. The molecule has 0 bridgehead atoms. The lowest BCUT2D eigenvalue weighted by atomic mass is 10.1. The standard InChI is InChI=1S/C16H11FN6O2/c17-11-3-1-2-8-4-9(16(24)25)12(23-13(8)11)6-20-15-10(5-18)14(19)21-7-22-15/h1-4,7H,6H2,(H,24,25)(H3,19,20,21,22). The third-order valence-electron chi connectivity index (χ3n) is 3.52.